The van der Waals surface area contributed by atoms with Crippen molar-refractivity contribution >= 4 is 26.0 Å². The molecular formula is C10H17BrN4O2S. The van der Waals surface area contributed by atoms with Crippen molar-refractivity contribution in [1.29, 1.82) is 0 Å². The fraction of sp³-hybridized carbons (Fsp3) is 0.800. The summed E-state index contributed by atoms with van der Waals surface area (Å²) in [6.45, 7) is 3.90. The summed E-state index contributed by atoms with van der Waals surface area (Å²) < 4.78 is 28.6. The molecule has 0 spiro atoms. The molecule has 2 unspecified atom stereocenters. The molecule has 18 heavy (non-hydrogen) atoms. The average molecular weight is 337 g/mol. The van der Waals surface area contributed by atoms with Gasteiger partial charge < -0.3 is 0 Å². The number of nitrogens with zero attached hydrogens (tertiary/aromatic N) is 4. The lowest BCUT2D eigenvalue weighted by Crippen LogP contribution is -2.47. The number of aromatic nitrogens is 3. The van der Waals surface area contributed by atoms with Gasteiger partial charge in [-0.1, -0.05) is 11.6 Å². The smallest absolute Gasteiger partial charge is 0.235 e. The maximum absolute atomic E-state index is 12.7. The van der Waals surface area contributed by atoms with Crippen LogP contribution in [0, 0.1) is 0 Å². The van der Waals surface area contributed by atoms with Crippen LogP contribution in [-0.4, -0.2) is 39.8 Å². The van der Waals surface area contributed by atoms with Crippen LogP contribution >= 0.6 is 15.9 Å². The summed E-state index contributed by atoms with van der Waals surface area (Å²) in [5, 5.41) is 7.62. The molecule has 0 radical (unpaired) electrons. The molecule has 0 saturated carbocycles. The second kappa shape index (κ2) is 4.90. The van der Waals surface area contributed by atoms with Crippen molar-refractivity contribution in [3.05, 3.63) is 4.60 Å². The third-order valence-electron chi connectivity index (χ3n) is 3.37. The van der Waals surface area contributed by atoms with E-state index >= 15 is 0 Å². The normalized spacial score (nSPS) is 26.4. The van der Waals surface area contributed by atoms with Crippen LogP contribution < -0.4 is 0 Å². The third kappa shape index (κ3) is 2.21. The molecule has 6 nitrogen and oxygen atoms in total. The Hall–Kier alpha value is -0.470. The van der Waals surface area contributed by atoms with Gasteiger partial charge in [0.2, 0.25) is 5.03 Å². The second-order valence-electron chi connectivity index (χ2n) is 4.77. The van der Waals surface area contributed by atoms with Crippen molar-refractivity contribution in [2.45, 2.75) is 50.2 Å². The first-order chi connectivity index (χ1) is 8.35. The number of rotatable bonds is 2. The molecule has 0 N–H and O–H groups in total. The summed E-state index contributed by atoms with van der Waals surface area (Å²) in [4.78, 5) is 0. The first kappa shape index (κ1) is 14.0. The van der Waals surface area contributed by atoms with Gasteiger partial charge in [0, 0.05) is 19.1 Å². The first-order valence-electron chi connectivity index (χ1n) is 5.94. The van der Waals surface area contributed by atoms with Crippen molar-refractivity contribution in [2.24, 2.45) is 7.05 Å². The minimum absolute atomic E-state index is 0.0144. The van der Waals surface area contributed by atoms with Gasteiger partial charge in [-0.25, -0.2) is 13.1 Å². The number of halogens is 1. The molecule has 1 aliphatic rings. The Morgan fingerprint density at radius 2 is 1.83 bits per heavy atom. The van der Waals surface area contributed by atoms with Gasteiger partial charge in [-0.2, -0.15) is 4.31 Å². The van der Waals surface area contributed by atoms with Crippen LogP contribution in [0.5, 0.6) is 0 Å². The Kier molecular flexibility index (Phi) is 3.80. The highest BCUT2D eigenvalue weighted by Gasteiger charge is 2.38. The zero-order chi connectivity index (χ0) is 13.5. The molecule has 1 fully saturated rings. The van der Waals surface area contributed by atoms with Crippen molar-refractivity contribution in [1.82, 2.24) is 19.3 Å². The van der Waals surface area contributed by atoms with Gasteiger partial charge in [-0.05, 0) is 42.6 Å². The standard InChI is InChI=1S/C10H17BrN4O2S/c1-7-5-4-6-8(2)15(7)18(16,17)10-9(11)12-13-14(10)3/h7-8H,4-6H2,1-3H3. The highest BCUT2D eigenvalue weighted by molar-refractivity contribution is 9.10. The Bertz CT molecular complexity index is 513. The molecule has 1 aliphatic heterocycles. The molecule has 102 valence electrons. The topological polar surface area (TPSA) is 68.1 Å². The van der Waals surface area contributed by atoms with E-state index in [1.807, 2.05) is 13.8 Å². The van der Waals surface area contributed by atoms with E-state index in [4.69, 9.17) is 0 Å². The highest BCUT2D eigenvalue weighted by Crippen LogP contribution is 2.31. The summed E-state index contributed by atoms with van der Waals surface area (Å²) in [5.41, 5.74) is 0. The van der Waals surface area contributed by atoms with E-state index in [0.29, 0.717) is 0 Å². The summed E-state index contributed by atoms with van der Waals surface area (Å²) in [7, 11) is -1.97. The molecule has 2 heterocycles. The minimum atomic E-state index is -3.55. The maximum atomic E-state index is 12.7. The molecule has 1 aromatic rings. The largest absolute Gasteiger partial charge is 0.263 e. The second-order valence-corrected chi connectivity index (χ2v) is 7.28. The van der Waals surface area contributed by atoms with E-state index in [1.54, 1.807) is 11.4 Å². The van der Waals surface area contributed by atoms with Crippen LogP contribution in [0.3, 0.4) is 0 Å². The van der Waals surface area contributed by atoms with Crippen LogP contribution in [0.4, 0.5) is 0 Å². The Labute approximate surface area is 116 Å². The average Bonchev–Trinajstić information content (AvgIpc) is 2.58. The number of sulfonamides is 1. The first-order valence-corrected chi connectivity index (χ1v) is 8.17. The summed E-state index contributed by atoms with van der Waals surface area (Å²) in [6, 6.07) is 0.0288. The van der Waals surface area contributed by atoms with Crippen molar-refractivity contribution < 1.29 is 8.42 Å². The molecule has 1 aromatic heterocycles. The van der Waals surface area contributed by atoms with Crippen LogP contribution in [0.15, 0.2) is 9.63 Å². The Morgan fingerprint density at radius 1 is 1.28 bits per heavy atom. The molecule has 2 atom stereocenters. The van der Waals surface area contributed by atoms with Gasteiger partial charge in [-0.15, -0.1) is 5.10 Å². The monoisotopic (exact) mass is 336 g/mol. The van der Waals surface area contributed by atoms with E-state index in [9.17, 15) is 8.42 Å². The molecule has 1 saturated heterocycles. The molecule has 0 aliphatic carbocycles. The van der Waals surface area contributed by atoms with Crippen molar-refractivity contribution in [3.8, 4) is 0 Å². The minimum Gasteiger partial charge on any atom is -0.235 e. The predicted octanol–water partition coefficient (Wildman–Crippen LogP) is 1.53. The Balaban J connectivity index is 2.48. The molecule has 0 aromatic carbocycles. The van der Waals surface area contributed by atoms with E-state index < -0.39 is 10.0 Å². The van der Waals surface area contributed by atoms with Gasteiger partial charge in [0.1, 0.15) is 0 Å². The summed E-state index contributed by atoms with van der Waals surface area (Å²) in [5.74, 6) is 0. The lowest BCUT2D eigenvalue weighted by molar-refractivity contribution is 0.203. The van der Waals surface area contributed by atoms with Gasteiger partial charge >= 0.3 is 0 Å². The van der Waals surface area contributed by atoms with E-state index in [-0.39, 0.29) is 21.7 Å². The molecule has 0 bridgehead atoms. The number of hydrogen-bond donors (Lipinski definition) is 0. The van der Waals surface area contributed by atoms with Crippen LogP contribution in [0.25, 0.3) is 0 Å². The summed E-state index contributed by atoms with van der Waals surface area (Å²) in [6.07, 6.45) is 2.86. The zero-order valence-electron chi connectivity index (χ0n) is 10.7. The number of hydrogen-bond acceptors (Lipinski definition) is 4. The molecule has 2 rings (SSSR count). The van der Waals surface area contributed by atoms with Gasteiger partial charge in [-0.3, -0.25) is 0 Å². The third-order valence-corrected chi connectivity index (χ3v) is 6.39. The van der Waals surface area contributed by atoms with E-state index in [1.165, 1.54) is 4.68 Å². The van der Waals surface area contributed by atoms with Gasteiger partial charge in [0.05, 0.1) is 0 Å². The zero-order valence-corrected chi connectivity index (χ0v) is 13.1. The molecule has 8 heteroatoms. The lowest BCUT2D eigenvalue weighted by atomic mass is 10.0. The van der Waals surface area contributed by atoms with Crippen molar-refractivity contribution in [2.75, 3.05) is 0 Å². The molecular weight excluding hydrogens is 320 g/mol. The SMILES string of the molecule is CC1CCCC(C)N1S(=O)(=O)c1c(Br)nnn1C. The quantitative estimate of drug-likeness (QED) is 0.821. The van der Waals surface area contributed by atoms with Crippen molar-refractivity contribution in [3.63, 3.8) is 0 Å². The fourth-order valence-electron chi connectivity index (χ4n) is 2.57. The summed E-state index contributed by atoms with van der Waals surface area (Å²) >= 11 is 3.16. The molecule has 0 amide bonds. The van der Waals surface area contributed by atoms with E-state index in [2.05, 4.69) is 26.2 Å². The lowest BCUT2D eigenvalue weighted by Gasteiger charge is -2.37. The maximum Gasteiger partial charge on any atom is 0.263 e. The fourth-order valence-corrected chi connectivity index (χ4v) is 5.49. The van der Waals surface area contributed by atoms with Crippen LogP contribution in [0.2, 0.25) is 0 Å². The van der Waals surface area contributed by atoms with Crippen LogP contribution in [0.1, 0.15) is 33.1 Å². The van der Waals surface area contributed by atoms with E-state index in [0.717, 1.165) is 19.3 Å². The number of piperidine rings is 1. The Morgan fingerprint density at radius 3 is 2.28 bits per heavy atom. The highest BCUT2D eigenvalue weighted by atomic mass is 79.9. The van der Waals surface area contributed by atoms with Gasteiger partial charge in [0.15, 0.2) is 4.60 Å². The van der Waals surface area contributed by atoms with Crippen LogP contribution in [-0.2, 0) is 17.1 Å². The number of aryl methyl sites for hydroxylation is 1. The predicted molar refractivity (Wildman–Crippen MR) is 70.5 cm³/mol. The van der Waals surface area contributed by atoms with Gasteiger partial charge in [0.25, 0.3) is 10.0 Å².